The Morgan fingerprint density at radius 1 is 1.04 bits per heavy atom. The molecule has 2 aromatic rings. The molecule has 0 bridgehead atoms. The lowest BCUT2D eigenvalue weighted by Gasteiger charge is -2.22. The van der Waals surface area contributed by atoms with Crippen LogP contribution in [-0.2, 0) is 20.9 Å². The molecular formula is C23H27NO4. The minimum absolute atomic E-state index is 0.325. The van der Waals surface area contributed by atoms with Crippen LogP contribution in [0.4, 0.5) is 0 Å². The van der Waals surface area contributed by atoms with E-state index in [-0.39, 0.29) is 11.4 Å². The van der Waals surface area contributed by atoms with Crippen LogP contribution in [0.15, 0.2) is 60.7 Å². The fourth-order valence-corrected chi connectivity index (χ4v) is 2.32. The molecule has 1 N–H and O–H groups in total. The van der Waals surface area contributed by atoms with E-state index in [9.17, 15) is 9.59 Å². The summed E-state index contributed by atoms with van der Waals surface area (Å²) < 4.78 is 10.9. The Morgan fingerprint density at radius 2 is 1.68 bits per heavy atom. The molecular weight excluding hydrogens is 354 g/mol. The zero-order valence-electron chi connectivity index (χ0n) is 16.8. The van der Waals surface area contributed by atoms with Gasteiger partial charge in [0.25, 0.3) is 5.91 Å². The molecule has 0 aliphatic carbocycles. The zero-order chi connectivity index (χ0) is 20.6. The molecule has 2 rings (SSSR count). The van der Waals surface area contributed by atoms with Crippen molar-refractivity contribution in [2.45, 2.75) is 45.9 Å². The van der Waals surface area contributed by atoms with Crippen LogP contribution in [-0.4, -0.2) is 23.5 Å². The zero-order valence-corrected chi connectivity index (χ0v) is 16.8. The molecule has 0 fully saturated rings. The number of carbonyl (C=O) groups excluding carboxylic acids is 2. The van der Waals surface area contributed by atoms with E-state index < -0.39 is 12.1 Å². The third kappa shape index (κ3) is 7.66. The summed E-state index contributed by atoms with van der Waals surface area (Å²) in [6.45, 7) is 7.65. The van der Waals surface area contributed by atoms with Crippen LogP contribution >= 0.6 is 0 Å². The molecule has 0 saturated carbocycles. The minimum Gasteiger partial charge on any atom is -0.489 e. The maximum Gasteiger partial charge on any atom is 0.331 e. The standard InChI is InChI=1S/C23H27NO4/c1-17(22(26)24-23(2,3)4)28-21(25)15-12-18-10-13-20(14-11-18)27-16-19-8-6-5-7-9-19/h5-15,17H,16H2,1-4H3,(H,24,26)/b15-12+. The number of hydrogen-bond acceptors (Lipinski definition) is 4. The highest BCUT2D eigenvalue weighted by Gasteiger charge is 2.21. The van der Waals surface area contributed by atoms with Gasteiger partial charge in [-0.3, -0.25) is 4.79 Å². The number of hydrogen-bond donors (Lipinski definition) is 1. The second-order valence-corrected chi connectivity index (χ2v) is 7.50. The molecule has 0 saturated heterocycles. The molecule has 0 aliphatic rings. The number of rotatable bonds is 7. The summed E-state index contributed by atoms with van der Waals surface area (Å²) in [5.74, 6) is -0.147. The van der Waals surface area contributed by atoms with Gasteiger partial charge in [0, 0.05) is 11.6 Å². The fourth-order valence-electron chi connectivity index (χ4n) is 2.32. The monoisotopic (exact) mass is 381 g/mol. The quantitative estimate of drug-likeness (QED) is 0.579. The molecule has 5 nitrogen and oxygen atoms in total. The lowest BCUT2D eigenvalue weighted by atomic mass is 10.1. The van der Waals surface area contributed by atoms with E-state index in [0.717, 1.165) is 16.9 Å². The van der Waals surface area contributed by atoms with Crippen molar-refractivity contribution in [1.29, 1.82) is 0 Å². The largest absolute Gasteiger partial charge is 0.489 e. The fraction of sp³-hybridized carbons (Fsp3) is 0.304. The highest BCUT2D eigenvalue weighted by molar-refractivity contribution is 5.90. The van der Waals surface area contributed by atoms with E-state index in [1.54, 1.807) is 13.0 Å². The summed E-state index contributed by atoms with van der Waals surface area (Å²) in [5.41, 5.74) is 1.55. The molecule has 0 heterocycles. The molecule has 148 valence electrons. The van der Waals surface area contributed by atoms with E-state index in [2.05, 4.69) is 5.32 Å². The van der Waals surface area contributed by atoms with Crippen LogP contribution in [0.25, 0.3) is 6.08 Å². The van der Waals surface area contributed by atoms with Crippen molar-refractivity contribution in [2.24, 2.45) is 0 Å². The molecule has 0 aliphatic heterocycles. The van der Waals surface area contributed by atoms with Crippen LogP contribution in [0.1, 0.15) is 38.8 Å². The third-order valence-corrected chi connectivity index (χ3v) is 3.70. The number of esters is 1. The van der Waals surface area contributed by atoms with E-state index in [0.29, 0.717) is 6.61 Å². The Bertz CT molecular complexity index is 805. The van der Waals surface area contributed by atoms with Crippen molar-refractivity contribution in [3.05, 3.63) is 71.8 Å². The summed E-state index contributed by atoms with van der Waals surface area (Å²) in [6, 6.07) is 17.3. The number of carbonyl (C=O) groups is 2. The average molecular weight is 381 g/mol. The Balaban J connectivity index is 1.83. The van der Waals surface area contributed by atoms with Crippen LogP contribution in [0.3, 0.4) is 0 Å². The summed E-state index contributed by atoms with van der Waals surface area (Å²) in [5, 5.41) is 2.77. The lowest BCUT2D eigenvalue weighted by molar-refractivity contribution is -0.150. The van der Waals surface area contributed by atoms with Gasteiger partial charge in [0.2, 0.25) is 0 Å². The van der Waals surface area contributed by atoms with Crippen LogP contribution in [0.2, 0.25) is 0 Å². The molecule has 5 heteroatoms. The van der Waals surface area contributed by atoms with Gasteiger partial charge in [0.05, 0.1) is 0 Å². The topological polar surface area (TPSA) is 64.6 Å². The maximum absolute atomic E-state index is 11.9. The highest BCUT2D eigenvalue weighted by atomic mass is 16.5. The second kappa shape index (κ2) is 9.74. The van der Waals surface area contributed by atoms with Gasteiger partial charge < -0.3 is 14.8 Å². The first-order valence-corrected chi connectivity index (χ1v) is 9.20. The maximum atomic E-state index is 11.9. The average Bonchev–Trinajstić information content (AvgIpc) is 2.65. The van der Waals surface area contributed by atoms with E-state index in [1.165, 1.54) is 6.08 Å². The van der Waals surface area contributed by atoms with Crippen molar-refractivity contribution < 1.29 is 19.1 Å². The first-order chi connectivity index (χ1) is 13.2. The van der Waals surface area contributed by atoms with Gasteiger partial charge in [-0.25, -0.2) is 4.79 Å². The SMILES string of the molecule is CC(OC(=O)/C=C/c1ccc(OCc2ccccc2)cc1)C(=O)NC(C)(C)C. The Kier molecular flexibility index (Phi) is 7.38. The molecule has 2 aromatic carbocycles. The predicted molar refractivity (Wildman–Crippen MR) is 110 cm³/mol. The van der Waals surface area contributed by atoms with Gasteiger partial charge in [0.15, 0.2) is 6.10 Å². The molecule has 1 amide bonds. The van der Waals surface area contributed by atoms with Crippen LogP contribution < -0.4 is 10.1 Å². The van der Waals surface area contributed by atoms with Gasteiger partial charge in [-0.05, 0) is 57.0 Å². The Hall–Kier alpha value is -3.08. The van der Waals surface area contributed by atoms with Gasteiger partial charge in [0.1, 0.15) is 12.4 Å². The molecule has 1 unspecified atom stereocenters. The molecule has 0 aromatic heterocycles. The normalized spacial score (nSPS) is 12.4. The highest BCUT2D eigenvalue weighted by Crippen LogP contribution is 2.15. The number of amides is 1. The van der Waals surface area contributed by atoms with Crippen molar-refractivity contribution in [1.82, 2.24) is 5.32 Å². The van der Waals surface area contributed by atoms with E-state index in [4.69, 9.17) is 9.47 Å². The number of nitrogens with one attached hydrogen (secondary N) is 1. The second-order valence-electron chi connectivity index (χ2n) is 7.50. The van der Waals surface area contributed by atoms with Crippen molar-refractivity contribution >= 4 is 18.0 Å². The van der Waals surface area contributed by atoms with Gasteiger partial charge in [-0.2, -0.15) is 0 Å². The van der Waals surface area contributed by atoms with E-state index >= 15 is 0 Å². The predicted octanol–water partition coefficient (Wildman–Crippen LogP) is 4.13. The van der Waals surface area contributed by atoms with Crippen molar-refractivity contribution in [3.8, 4) is 5.75 Å². The van der Waals surface area contributed by atoms with Crippen LogP contribution in [0.5, 0.6) is 5.75 Å². The van der Waals surface area contributed by atoms with Gasteiger partial charge >= 0.3 is 5.97 Å². The summed E-state index contributed by atoms with van der Waals surface area (Å²) >= 11 is 0. The molecule has 28 heavy (non-hydrogen) atoms. The first-order valence-electron chi connectivity index (χ1n) is 9.20. The van der Waals surface area contributed by atoms with E-state index in [1.807, 2.05) is 75.4 Å². The first kappa shape index (κ1) is 21.2. The number of benzene rings is 2. The molecule has 1 atom stereocenters. The summed E-state index contributed by atoms with van der Waals surface area (Å²) in [4.78, 5) is 23.9. The lowest BCUT2D eigenvalue weighted by Crippen LogP contribution is -2.46. The minimum atomic E-state index is -0.856. The Labute approximate surface area is 166 Å². The summed E-state index contributed by atoms with van der Waals surface area (Å²) in [6.07, 6.45) is 2.09. The van der Waals surface area contributed by atoms with Crippen LogP contribution in [0, 0.1) is 0 Å². The summed E-state index contributed by atoms with van der Waals surface area (Å²) in [7, 11) is 0. The van der Waals surface area contributed by atoms with Gasteiger partial charge in [-0.1, -0.05) is 42.5 Å². The van der Waals surface area contributed by atoms with Crippen molar-refractivity contribution in [2.75, 3.05) is 0 Å². The molecule has 0 radical (unpaired) electrons. The Morgan fingerprint density at radius 3 is 2.29 bits per heavy atom. The number of ether oxygens (including phenoxy) is 2. The molecule has 0 spiro atoms. The van der Waals surface area contributed by atoms with Crippen molar-refractivity contribution in [3.63, 3.8) is 0 Å². The van der Waals surface area contributed by atoms with Gasteiger partial charge in [-0.15, -0.1) is 0 Å². The third-order valence-electron chi connectivity index (χ3n) is 3.70. The smallest absolute Gasteiger partial charge is 0.331 e.